The van der Waals surface area contributed by atoms with Gasteiger partial charge in [-0.05, 0) is 45.0 Å². The molecular weight excluding hydrogens is 551 g/mol. The molecule has 0 saturated carbocycles. The maximum Gasteiger partial charge on any atom is 0.332 e. The number of methoxy groups -OCH3 is 1. The van der Waals surface area contributed by atoms with Crippen LogP contribution in [0.3, 0.4) is 0 Å². The molecule has 0 fully saturated rings. The summed E-state index contributed by atoms with van der Waals surface area (Å²) in [5, 5.41) is 14.3. The second-order valence-corrected chi connectivity index (χ2v) is 10.4. The van der Waals surface area contributed by atoms with Gasteiger partial charge < -0.3 is 14.4 Å². The van der Waals surface area contributed by atoms with E-state index in [1.165, 1.54) is 53.0 Å². The number of fused-ring (bicyclic) bond motifs is 1. The number of halogens is 1. The monoisotopic (exact) mass is 582 g/mol. The SMILES string of the molecule is CCN(C)C(=O)[C@@H](C)n1c(=O)c2c(C)c(-n3cccn3)sc2n(C[C@H](OCCC#N)c2cc(F)ccc2OC)c1=O. The molecule has 13 heteroatoms. The van der Waals surface area contributed by atoms with E-state index in [9.17, 15) is 18.8 Å². The maximum atomic E-state index is 14.4. The number of nitriles is 1. The van der Waals surface area contributed by atoms with Gasteiger partial charge >= 0.3 is 5.69 Å². The third kappa shape index (κ3) is 5.66. The molecule has 4 aromatic rings. The Morgan fingerprint density at radius 3 is 2.71 bits per heavy atom. The highest BCUT2D eigenvalue weighted by Gasteiger charge is 2.29. The molecular formula is C28H31FN6O5S. The topological polar surface area (TPSA) is 124 Å². The number of thiophene rings is 1. The first-order chi connectivity index (χ1) is 19.6. The van der Waals surface area contributed by atoms with E-state index >= 15 is 0 Å². The molecule has 2 atom stereocenters. The summed E-state index contributed by atoms with van der Waals surface area (Å²) in [6.07, 6.45) is 2.47. The molecule has 0 bridgehead atoms. The average Bonchev–Trinajstić information content (AvgIpc) is 3.61. The number of aryl methyl sites for hydroxylation is 1. The highest BCUT2D eigenvalue weighted by molar-refractivity contribution is 7.21. The van der Waals surface area contributed by atoms with Crippen LogP contribution in [-0.4, -0.2) is 57.0 Å². The summed E-state index contributed by atoms with van der Waals surface area (Å²) in [4.78, 5) is 42.9. The van der Waals surface area contributed by atoms with Crippen LogP contribution in [0, 0.1) is 24.1 Å². The Morgan fingerprint density at radius 1 is 1.32 bits per heavy atom. The van der Waals surface area contributed by atoms with E-state index < -0.39 is 35.1 Å². The van der Waals surface area contributed by atoms with Crippen molar-refractivity contribution in [3.05, 3.63) is 74.4 Å². The summed E-state index contributed by atoms with van der Waals surface area (Å²) in [6, 6.07) is 6.62. The number of rotatable bonds is 11. The van der Waals surface area contributed by atoms with Crippen molar-refractivity contribution in [1.82, 2.24) is 23.8 Å². The number of hydrogen-bond donors (Lipinski definition) is 0. The standard InChI is InChI=1S/C28H31FN6O5S/c1-6-32(4)24(36)18(3)35-25(37)23-17(2)26(34-13-8-12-31-34)41-27(23)33(28(35)38)16-22(40-14-7-11-30)20-15-19(29)9-10-21(20)39-5/h8-10,12-13,15,18,22H,6-7,14,16H2,1-5H3/t18-,22+/m1/s1. The zero-order chi connectivity index (χ0) is 29.8. The third-order valence-corrected chi connectivity index (χ3v) is 8.25. The third-order valence-electron chi connectivity index (χ3n) is 6.95. The number of benzene rings is 1. The van der Waals surface area contributed by atoms with E-state index in [0.29, 0.717) is 33.3 Å². The predicted molar refractivity (Wildman–Crippen MR) is 152 cm³/mol. The van der Waals surface area contributed by atoms with Crippen LogP contribution >= 0.6 is 11.3 Å². The Hall–Kier alpha value is -4.28. The smallest absolute Gasteiger partial charge is 0.332 e. The first kappa shape index (κ1) is 29.7. The average molecular weight is 583 g/mol. The second kappa shape index (κ2) is 12.5. The molecule has 3 aromatic heterocycles. The number of carbonyl (C=O) groups is 1. The molecule has 0 aliphatic carbocycles. The van der Waals surface area contributed by atoms with Gasteiger partial charge in [0, 0.05) is 37.1 Å². The fourth-order valence-electron chi connectivity index (χ4n) is 4.66. The Labute approximate surface area is 239 Å². The van der Waals surface area contributed by atoms with E-state index in [1.54, 1.807) is 44.0 Å². The van der Waals surface area contributed by atoms with E-state index in [1.807, 2.05) is 6.07 Å². The van der Waals surface area contributed by atoms with Crippen molar-refractivity contribution in [2.75, 3.05) is 27.3 Å². The van der Waals surface area contributed by atoms with E-state index in [2.05, 4.69) is 5.10 Å². The lowest BCUT2D eigenvalue weighted by Gasteiger charge is -2.24. The van der Waals surface area contributed by atoms with Crippen LogP contribution in [0.15, 0.2) is 46.2 Å². The van der Waals surface area contributed by atoms with Gasteiger partial charge in [-0.1, -0.05) is 11.3 Å². The number of likely N-dealkylation sites (N-methyl/N-ethyl adjacent to an activating group) is 1. The molecule has 0 unspecified atom stereocenters. The number of carbonyl (C=O) groups excluding carboxylic acids is 1. The van der Waals surface area contributed by atoms with Crippen molar-refractivity contribution < 1.29 is 18.7 Å². The van der Waals surface area contributed by atoms with Crippen LogP contribution in [0.2, 0.25) is 0 Å². The zero-order valence-electron chi connectivity index (χ0n) is 23.5. The molecule has 41 heavy (non-hydrogen) atoms. The lowest BCUT2D eigenvalue weighted by molar-refractivity contribution is -0.132. The van der Waals surface area contributed by atoms with Gasteiger partial charge in [0.05, 0.1) is 38.1 Å². The van der Waals surface area contributed by atoms with Crippen molar-refractivity contribution in [3.8, 4) is 16.8 Å². The van der Waals surface area contributed by atoms with Gasteiger partial charge in [-0.3, -0.25) is 14.2 Å². The van der Waals surface area contributed by atoms with Crippen LogP contribution in [-0.2, 0) is 16.1 Å². The Balaban J connectivity index is 2.00. The minimum atomic E-state index is -1.09. The first-order valence-electron chi connectivity index (χ1n) is 13.0. The highest BCUT2D eigenvalue weighted by atomic mass is 32.1. The molecule has 0 radical (unpaired) electrons. The van der Waals surface area contributed by atoms with Gasteiger partial charge in [0.1, 0.15) is 33.5 Å². The van der Waals surface area contributed by atoms with Crippen LogP contribution in [0.25, 0.3) is 15.2 Å². The number of amides is 1. The van der Waals surface area contributed by atoms with Crippen molar-refractivity contribution >= 4 is 27.5 Å². The van der Waals surface area contributed by atoms with Crippen molar-refractivity contribution in [3.63, 3.8) is 0 Å². The van der Waals surface area contributed by atoms with Crippen molar-refractivity contribution in [1.29, 1.82) is 5.26 Å². The zero-order valence-corrected chi connectivity index (χ0v) is 24.3. The molecule has 0 spiro atoms. The molecule has 11 nitrogen and oxygen atoms in total. The Bertz CT molecular complexity index is 1720. The van der Waals surface area contributed by atoms with Gasteiger partial charge in [0.25, 0.3) is 5.56 Å². The van der Waals surface area contributed by atoms with Crippen molar-refractivity contribution in [2.24, 2.45) is 0 Å². The van der Waals surface area contributed by atoms with Crippen molar-refractivity contribution in [2.45, 2.75) is 45.9 Å². The number of nitrogens with zero attached hydrogens (tertiary/aromatic N) is 6. The van der Waals surface area contributed by atoms with Crippen LogP contribution in [0.5, 0.6) is 5.75 Å². The molecule has 3 heterocycles. The summed E-state index contributed by atoms with van der Waals surface area (Å²) in [5.74, 6) is -0.600. The van der Waals surface area contributed by atoms with E-state index in [-0.39, 0.29) is 25.0 Å². The maximum absolute atomic E-state index is 14.4. The largest absolute Gasteiger partial charge is 0.496 e. The number of aromatic nitrogens is 4. The number of hydrogen-bond acceptors (Lipinski definition) is 8. The highest BCUT2D eigenvalue weighted by Crippen LogP contribution is 2.34. The molecule has 0 N–H and O–H groups in total. The summed E-state index contributed by atoms with van der Waals surface area (Å²) >= 11 is 1.20. The predicted octanol–water partition coefficient (Wildman–Crippen LogP) is 3.58. The molecule has 1 aromatic carbocycles. The summed E-state index contributed by atoms with van der Waals surface area (Å²) < 4.78 is 29.8. The minimum absolute atomic E-state index is 0.0105. The lowest BCUT2D eigenvalue weighted by atomic mass is 10.1. The normalized spacial score (nSPS) is 12.7. The summed E-state index contributed by atoms with van der Waals surface area (Å²) in [6.45, 7) is 5.32. The Morgan fingerprint density at radius 2 is 2.07 bits per heavy atom. The van der Waals surface area contributed by atoms with Gasteiger partial charge in [0.15, 0.2) is 0 Å². The van der Waals surface area contributed by atoms with Gasteiger partial charge in [-0.25, -0.2) is 18.4 Å². The minimum Gasteiger partial charge on any atom is -0.496 e. The molecule has 0 aliphatic rings. The summed E-state index contributed by atoms with van der Waals surface area (Å²) in [7, 11) is 3.03. The van der Waals surface area contributed by atoms with Gasteiger partial charge in [-0.2, -0.15) is 10.4 Å². The molecule has 4 rings (SSSR count). The van der Waals surface area contributed by atoms with Crippen LogP contribution < -0.4 is 16.0 Å². The molecule has 0 aliphatic heterocycles. The molecule has 1 amide bonds. The molecule has 216 valence electrons. The fourth-order valence-corrected chi connectivity index (χ4v) is 5.90. The van der Waals surface area contributed by atoms with Crippen LogP contribution in [0.1, 0.15) is 43.5 Å². The van der Waals surface area contributed by atoms with Crippen LogP contribution in [0.4, 0.5) is 4.39 Å². The fraction of sp³-hybridized carbons (Fsp3) is 0.393. The lowest BCUT2D eigenvalue weighted by Crippen LogP contribution is -2.46. The van der Waals surface area contributed by atoms with E-state index in [0.717, 1.165) is 4.57 Å². The number of ether oxygens (including phenoxy) is 2. The first-order valence-corrected chi connectivity index (χ1v) is 13.8. The summed E-state index contributed by atoms with van der Waals surface area (Å²) in [5.41, 5.74) is -0.386. The van der Waals surface area contributed by atoms with E-state index in [4.69, 9.17) is 14.7 Å². The van der Waals surface area contributed by atoms with Gasteiger partial charge in [0.2, 0.25) is 5.91 Å². The second-order valence-electron chi connectivity index (χ2n) is 9.41. The quantitative estimate of drug-likeness (QED) is 0.248. The molecule has 0 saturated heterocycles. The Kier molecular flexibility index (Phi) is 9.05. The van der Waals surface area contributed by atoms with Gasteiger partial charge in [-0.15, -0.1) is 0 Å².